The molecule has 0 fully saturated rings. The minimum absolute atomic E-state index is 0.449. The molecule has 2 heteroatoms. The van der Waals surface area contributed by atoms with Gasteiger partial charge in [-0.2, -0.15) is 0 Å². The first-order valence-corrected chi connectivity index (χ1v) is 5.58. The summed E-state index contributed by atoms with van der Waals surface area (Å²) >= 11 is 0. The molecule has 0 N–H and O–H groups in total. The van der Waals surface area contributed by atoms with E-state index in [1.165, 1.54) is 0 Å². The van der Waals surface area contributed by atoms with Gasteiger partial charge in [0.05, 0.1) is 11.4 Å². The van der Waals surface area contributed by atoms with Crippen molar-refractivity contribution in [3.63, 3.8) is 0 Å². The maximum atomic E-state index is 4.62. The number of hydrogen-bond acceptors (Lipinski definition) is 2. The van der Waals surface area contributed by atoms with Crippen LogP contribution in [0.25, 0.3) is 11.4 Å². The first-order chi connectivity index (χ1) is 7.66. The molecule has 0 atom stereocenters. The van der Waals surface area contributed by atoms with E-state index >= 15 is 0 Å². The van der Waals surface area contributed by atoms with Crippen molar-refractivity contribution in [2.45, 2.75) is 26.7 Å². The van der Waals surface area contributed by atoms with Crippen molar-refractivity contribution in [1.82, 2.24) is 9.97 Å². The molecule has 82 valence electrons. The van der Waals surface area contributed by atoms with E-state index in [0.717, 1.165) is 22.8 Å². The molecule has 0 aliphatic rings. The molecular formula is C14H16N2. The van der Waals surface area contributed by atoms with Crippen molar-refractivity contribution >= 4 is 0 Å². The Morgan fingerprint density at radius 2 is 1.50 bits per heavy atom. The molecule has 16 heavy (non-hydrogen) atoms. The van der Waals surface area contributed by atoms with Crippen molar-refractivity contribution in [2.75, 3.05) is 0 Å². The van der Waals surface area contributed by atoms with E-state index in [1.807, 2.05) is 37.3 Å². The van der Waals surface area contributed by atoms with Gasteiger partial charge in [-0.3, -0.25) is 9.97 Å². The summed E-state index contributed by atoms with van der Waals surface area (Å²) in [7, 11) is 0. The van der Waals surface area contributed by atoms with E-state index < -0.39 is 0 Å². The standard InChI is InChI=1S/C14H16N2/c1-10(2)12-7-5-9-14(16-12)13-8-4-6-11(3)15-13/h4-10H,1-3H3. The van der Waals surface area contributed by atoms with Crippen molar-refractivity contribution in [1.29, 1.82) is 0 Å². The van der Waals surface area contributed by atoms with E-state index in [2.05, 4.69) is 29.9 Å². The SMILES string of the molecule is Cc1cccc(-c2cccc(C(C)C)n2)n1. The van der Waals surface area contributed by atoms with Crippen molar-refractivity contribution < 1.29 is 0 Å². The number of hydrogen-bond donors (Lipinski definition) is 0. The summed E-state index contributed by atoms with van der Waals surface area (Å²) in [6, 6.07) is 12.1. The zero-order chi connectivity index (χ0) is 11.5. The van der Waals surface area contributed by atoms with Crippen LogP contribution in [0, 0.1) is 6.92 Å². The van der Waals surface area contributed by atoms with Crippen LogP contribution >= 0.6 is 0 Å². The molecule has 0 bridgehead atoms. The molecule has 0 aliphatic carbocycles. The molecule has 2 heterocycles. The van der Waals surface area contributed by atoms with Gasteiger partial charge in [-0.25, -0.2) is 0 Å². The molecule has 2 aromatic heterocycles. The number of aryl methyl sites for hydroxylation is 1. The first-order valence-electron chi connectivity index (χ1n) is 5.58. The fourth-order valence-corrected chi connectivity index (χ4v) is 1.60. The molecular weight excluding hydrogens is 196 g/mol. The van der Waals surface area contributed by atoms with E-state index in [1.54, 1.807) is 0 Å². The second-order valence-corrected chi connectivity index (χ2v) is 4.27. The monoisotopic (exact) mass is 212 g/mol. The minimum atomic E-state index is 0.449. The molecule has 2 aromatic rings. The summed E-state index contributed by atoms with van der Waals surface area (Å²) in [6.45, 7) is 6.29. The molecule has 2 nitrogen and oxygen atoms in total. The Morgan fingerprint density at radius 3 is 2.12 bits per heavy atom. The average Bonchev–Trinajstić information content (AvgIpc) is 2.29. The number of aromatic nitrogens is 2. The van der Waals surface area contributed by atoms with Crippen LogP contribution in [0.4, 0.5) is 0 Å². The molecule has 0 spiro atoms. The maximum Gasteiger partial charge on any atom is 0.0889 e. The van der Waals surface area contributed by atoms with Crippen molar-refractivity contribution in [2.24, 2.45) is 0 Å². The van der Waals surface area contributed by atoms with Gasteiger partial charge in [-0.15, -0.1) is 0 Å². The maximum absolute atomic E-state index is 4.62. The average molecular weight is 212 g/mol. The number of rotatable bonds is 2. The molecule has 0 saturated carbocycles. The Hall–Kier alpha value is -1.70. The second-order valence-electron chi connectivity index (χ2n) is 4.27. The minimum Gasteiger partial charge on any atom is -0.251 e. The number of pyridine rings is 2. The van der Waals surface area contributed by atoms with E-state index in [4.69, 9.17) is 0 Å². The highest BCUT2D eigenvalue weighted by Gasteiger charge is 2.04. The predicted molar refractivity (Wildman–Crippen MR) is 66.3 cm³/mol. The molecule has 0 radical (unpaired) electrons. The smallest absolute Gasteiger partial charge is 0.0889 e. The van der Waals surface area contributed by atoms with Crippen molar-refractivity contribution in [3.8, 4) is 11.4 Å². The van der Waals surface area contributed by atoms with Crippen LogP contribution in [-0.4, -0.2) is 9.97 Å². The van der Waals surface area contributed by atoms with Gasteiger partial charge >= 0.3 is 0 Å². The Kier molecular flexibility index (Phi) is 3.00. The summed E-state index contributed by atoms with van der Waals surface area (Å²) in [5, 5.41) is 0. The Labute approximate surface area is 96.4 Å². The fourth-order valence-electron chi connectivity index (χ4n) is 1.60. The lowest BCUT2D eigenvalue weighted by Crippen LogP contribution is -1.95. The molecule has 2 rings (SSSR count). The molecule has 0 amide bonds. The highest BCUT2D eigenvalue weighted by atomic mass is 14.8. The predicted octanol–water partition coefficient (Wildman–Crippen LogP) is 3.58. The summed E-state index contributed by atoms with van der Waals surface area (Å²) in [6.07, 6.45) is 0. The van der Waals surface area contributed by atoms with Gasteiger partial charge in [0, 0.05) is 11.4 Å². The lowest BCUT2D eigenvalue weighted by Gasteiger charge is -2.07. The van der Waals surface area contributed by atoms with Crippen LogP contribution in [0.1, 0.15) is 31.2 Å². The van der Waals surface area contributed by atoms with Gasteiger partial charge in [0.15, 0.2) is 0 Å². The molecule has 0 unspecified atom stereocenters. The lowest BCUT2D eigenvalue weighted by molar-refractivity contribution is 0.824. The van der Waals surface area contributed by atoms with E-state index in [9.17, 15) is 0 Å². The summed E-state index contributed by atoms with van der Waals surface area (Å²) in [5.41, 5.74) is 4.03. The third-order valence-electron chi connectivity index (χ3n) is 2.51. The number of nitrogens with zero attached hydrogens (tertiary/aromatic N) is 2. The van der Waals surface area contributed by atoms with Crippen LogP contribution in [-0.2, 0) is 0 Å². The highest BCUT2D eigenvalue weighted by Crippen LogP contribution is 2.18. The van der Waals surface area contributed by atoms with E-state index in [-0.39, 0.29) is 0 Å². The Balaban J connectivity index is 2.44. The summed E-state index contributed by atoms with van der Waals surface area (Å²) in [5.74, 6) is 0.449. The fraction of sp³-hybridized carbons (Fsp3) is 0.286. The van der Waals surface area contributed by atoms with Gasteiger partial charge in [0.25, 0.3) is 0 Å². The van der Waals surface area contributed by atoms with Gasteiger partial charge in [0.1, 0.15) is 0 Å². The zero-order valence-electron chi connectivity index (χ0n) is 9.94. The Bertz CT molecular complexity index is 490. The van der Waals surface area contributed by atoms with Gasteiger partial charge < -0.3 is 0 Å². The third-order valence-corrected chi connectivity index (χ3v) is 2.51. The van der Waals surface area contributed by atoms with E-state index in [0.29, 0.717) is 5.92 Å². The lowest BCUT2D eigenvalue weighted by atomic mass is 10.1. The molecule has 0 saturated heterocycles. The van der Waals surface area contributed by atoms with Crippen LogP contribution in [0.5, 0.6) is 0 Å². The van der Waals surface area contributed by atoms with Crippen LogP contribution in [0.3, 0.4) is 0 Å². The quantitative estimate of drug-likeness (QED) is 0.760. The van der Waals surface area contributed by atoms with Crippen LogP contribution in [0.15, 0.2) is 36.4 Å². The molecule has 0 aliphatic heterocycles. The zero-order valence-corrected chi connectivity index (χ0v) is 9.94. The van der Waals surface area contributed by atoms with Gasteiger partial charge in [-0.1, -0.05) is 26.0 Å². The van der Waals surface area contributed by atoms with Gasteiger partial charge in [-0.05, 0) is 37.1 Å². The highest BCUT2D eigenvalue weighted by molar-refractivity contribution is 5.54. The van der Waals surface area contributed by atoms with Crippen LogP contribution in [0.2, 0.25) is 0 Å². The third kappa shape index (κ3) is 2.27. The molecule has 0 aromatic carbocycles. The topological polar surface area (TPSA) is 25.8 Å². The largest absolute Gasteiger partial charge is 0.251 e. The van der Waals surface area contributed by atoms with Crippen LogP contribution < -0.4 is 0 Å². The normalized spacial score (nSPS) is 10.8. The second kappa shape index (κ2) is 4.44. The van der Waals surface area contributed by atoms with Gasteiger partial charge in [0.2, 0.25) is 0 Å². The Morgan fingerprint density at radius 1 is 0.875 bits per heavy atom. The summed E-state index contributed by atoms with van der Waals surface area (Å²) in [4.78, 5) is 9.10. The van der Waals surface area contributed by atoms with Crippen molar-refractivity contribution in [3.05, 3.63) is 47.8 Å². The summed E-state index contributed by atoms with van der Waals surface area (Å²) < 4.78 is 0. The first kappa shape index (κ1) is 10.8.